The number of hydrogen-bond donors (Lipinski definition) is 3. The highest BCUT2D eigenvalue weighted by Gasteiger charge is 2.21. The van der Waals surface area contributed by atoms with Crippen molar-refractivity contribution in [3.05, 3.63) is 16.4 Å². The summed E-state index contributed by atoms with van der Waals surface area (Å²) in [6.07, 6.45) is 0. The molecular weight excluding hydrogens is 298 g/mol. The maximum absolute atomic E-state index is 9.69. The number of rotatable bonds is 0. The smallest absolute Gasteiger partial charge is 0.174 e. The van der Waals surface area contributed by atoms with Crippen LogP contribution in [-0.4, -0.2) is 20.2 Å². The van der Waals surface area contributed by atoms with Crippen molar-refractivity contribution in [2.45, 2.75) is 26.2 Å². The molecule has 2 rings (SSSR count). The van der Waals surface area contributed by atoms with Gasteiger partial charge >= 0.3 is 0 Å². The third-order valence-electron chi connectivity index (χ3n) is 2.59. The van der Waals surface area contributed by atoms with Crippen LogP contribution in [0.3, 0.4) is 0 Å². The Morgan fingerprint density at radius 2 is 1.83 bits per heavy atom. The number of halogens is 1. The molecular formula is C12H14BrN3O2. The van der Waals surface area contributed by atoms with Gasteiger partial charge in [-0.05, 0) is 22.0 Å². The van der Waals surface area contributed by atoms with Crippen molar-refractivity contribution in [3.8, 4) is 11.5 Å². The fraction of sp³-hybridized carbons (Fsp3) is 0.333. The van der Waals surface area contributed by atoms with Crippen LogP contribution in [0.15, 0.2) is 10.5 Å². The Morgan fingerprint density at radius 3 is 2.39 bits per heavy atom. The molecule has 0 unspecified atom stereocenters. The van der Waals surface area contributed by atoms with Gasteiger partial charge in [-0.2, -0.15) is 0 Å². The molecule has 2 aromatic rings. The van der Waals surface area contributed by atoms with Crippen molar-refractivity contribution in [1.82, 2.24) is 9.97 Å². The molecule has 0 aliphatic heterocycles. The van der Waals surface area contributed by atoms with Crippen LogP contribution in [0, 0.1) is 0 Å². The summed E-state index contributed by atoms with van der Waals surface area (Å²) in [4.78, 5) is 8.64. The van der Waals surface area contributed by atoms with Gasteiger partial charge in [0.2, 0.25) is 0 Å². The van der Waals surface area contributed by atoms with Gasteiger partial charge in [0, 0.05) is 10.8 Å². The van der Waals surface area contributed by atoms with Gasteiger partial charge in [-0.15, -0.1) is 0 Å². The normalized spacial score (nSPS) is 12.0. The van der Waals surface area contributed by atoms with Crippen molar-refractivity contribution < 1.29 is 10.2 Å². The Bertz CT molecular complexity index is 635. The topological polar surface area (TPSA) is 92.3 Å². The number of aromatic hydroxyl groups is 2. The van der Waals surface area contributed by atoms with E-state index in [1.54, 1.807) is 0 Å². The number of benzene rings is 1. The first-order chi connectivity index (χ1) is 8.21. The average molecular weight is 312 g/mol. The second-order valence-corrected chi connectivity index (χ2v) is 5.93. The Balaban J connectivity index is 2.88. The molecule has 0 aliphatic rings. The average Bonchev–Trinajstić information content (AvgIpc) is 2.26. The number of phenolic OH excluding ortho intramolecular Hbond substituents is 2. The van der Waals surface area contributed by atoms with Crippen LogP contribution in [-0.2, 0) is 5.41 Å². The molecule has 1 aromatic carbocycles. The lowest BCUT2D eigenvalue weighted by atomic mass is 9.95. The van der Waals surface area contributed by atoms with E-state index in [4.69, 9.17) is 5.73 Å². The number of fused-ring (bicyclic) bond motifs is 1. The van der Waals surface area contributed by atoms with Crippen LogP contribution < -0.4 is 5.73 Å². The molecule has 4 N–H and O–H groups in total. The van der Waals surface area contributed by atoms with Crippen LogP contribution in [0.2, 0.25) is 0 Å². The molecule has 0 atom stereocenters. The van der Waals surface area contributed by atoms with Crippen molar-refractivity contribution in [3.63, 3.8) is 0 Å². The van der Waals surface area contributed by atoms with E-state index < -0.39 is 0 Å². The van der Waals surface area contributed by atoms with E-state index in [0.29, 0.717) is 21.2 Å². The molecule has 18 heavy (non-hydrogen) atoms. The van der Waals surface area contributed by atoms with Crippen molar-refractivity contribution >= 4 is 32.7 Å². The van der Waals surface area contributed by atoms with Gasteiger partial charge in [-0.1, -0.05) is 20.8 Å². The Hall–Kier alpha value is -1.56. The first-order valence-corrected chi connectivity index (χ1v) is 6.19. The van der Waals surface area contributed by atoms with E-state index in [2.05, 4.69) is 25.9 Å². The highest BCUT2D eigenvalue weighted by molar-refractivity contribution is 9.10. The van der Waals surface area contributed by atoms with Gasteiger partial charge in [-0.25, -0.2) is 9.97 Å². The molecule has 0 amide bonds. The summed E-state index contributed by atoms with van der Waals surface area (Å²) in [5, 5.41) is 19.8. The van der Waals surface area contributed by atoms with Gasteiger partial charge in [0.1, 0.15) is 11.6 Å². The number of hydrogen-bond acceptors (Lipinski definition) is 5. The van der Waals surface area contributed by atoms with Crippen LogP contribution in [0.4, 0.5) is 5.82 Å². The zero-order valence-electron chi connectivity index (χ0n) is 10.3. The van der Waals surface area contributed by atoms with Crippen molar-refractivity contribution in [1.29, 1.82) is 0 Å². The molecule has 1 aromatic heterocycles. The molecule has 6 heteroatoms. The molecule has 0 saturated carbocycles. The summed E-state index contributed by atoms with van der Waals surface area (Å²) in [7, 11) is 0. The lowest BCUT2D eigenvalue weighted by Gasteiger charge is -2.18. The van der Waals surface area contributed by atoms with Gasteiger partial charge in [0.05, 0.1) is 9.99 Å². The van der Waals surface area contributed by atoms with E-state index in [9.17, 15) is 10.2 Å². The van der Waals surface area contributed by atoms with Crippen LogP contribution >= 0.6 is 15.9 Å². The van der Waals surface area contributed by atoms with Crippen molar-refractivity contribution in [2.75, 3.05) is 5.73 Å². The zero-order valence-corrected chi connectivity index (χ0v) is 11.9. The Labute approximate surface area is 113 Å². The minimum Gasteiger partial charge on any atom is -0.504 e. The highest BCUT2D eigenvalue weighted by Crippen LogP contribution is 2.40. The second-order valence-electron chi connectivity index (χ2n) is 5.14. The monoisotopic (exact) mass is 311 g/mol. The molecule has 0 bridgehead atoms. The van der Waals surface area contributed by atoms with Crippen molar-refractivity contribution in [2.24, 2.45) is 0 Å². The molecule has 0 fully saturated rings. The summed E-state index contributed by atoms with van der Waals surface area (Å²) < 4.78 is 0.317. The second kappa shape index (κ2) is 3.98. The molecule has 0 radical (unpaired) electrons. The predicted molar refractivity (Wildman–Crippen MR) is 73.7 cm³/mol. The number of nitrogen functional groups attached to an aromatic ring is 1. The Kier molecular flexibility index (Phi) is 2.85. The minimum absolute atomic E-state index is 0.250. The van der Waals surface area contributed by atoms with E-state index in [1.165, 1.54) is 6.07 Å². The van der Waals surface area contributed by atoms with Gasteiger partial charge < -0.3 is 15.9 Å². The van der Waals surface area contributed by atoms with E-state index in [1.807, 2.05) is 20.8 Å². The quantitative estimate of drug-likeness (QED) is 0.650. The van der Waals surface area contributed by atoms with Gasteiger partial charge in [0.15, 0.2) is 11.5 Å². The third kappa shape index (κ3) is 1.96. The number of phenols is 2. The van der Waals surface area contributed by atoms with Crippen LogP contribution in [0.25, 0.3) is 10.9 Å². The van der Waals surface area contributed by atoms with Crippen LogP contribution in [0.1, 0.15) is 26.6 Å². The zero-order chi connectivity index (χ0) is 13.7. The SMILES string of the molecule is CC(C)(C)c1nc(N)c2cc(O)c(O)c(Br)c2n1. The summed E-state index contributed by atoms with van der Waals surface area (Å²) in [5.74, 6) is 0.354. The molecule has 0 spiro atoms. The molecule has 1 heterocycles. The first-order valence-electron chi connectivity index (χ1n) is 5.40. The first kappa shape index (κ1) is 12.9. The van der Waals surface area contributed by atoms with E-state index in [-0.39, 0.29) is 22.7 Å². The maximum atomic E-state index is 9.69. The summed E-state index contributed by atoms with van der Waals surface area (Å²) in [5.41, 5.74) is 6.11. The number of aromatic nitrogens is 2. The lowest BCUT2D eigenvalue weighted by Crippen LogP contribution is -2.17. The minimum atomic E-state index is -0.256. The van der Waals surface area contributed by atoms with Gasteiger partial charge in [0.25, 0.3) is 0 Å². The highest BCUT2D eigenvalue weighted by atomic mass is 79.9. The summed E-state index contributed by atoms with van der Waals surface area (Å²) in [6.45, 7) is 5.92. The summed E-state index contributed by atoms with van der Waals surface area (Å²) >= 11 is 3.21. The standard InChI is InChI=1S/C12H14BrN3O2/c1-12(2,3)11-15-8-5(10(14)16-11)4-6(17)9(18)7(8)13/h4,17-18H,1-3H3,(H2,14,15,16). The fourth-order valence-corrected chi connectivity index (χ4v) is 2.07. The number of nitrogens with two attached hydrogens (primary N) is 1. The molecule has 5 nitrogen and oxygen atoms in total. The number of anilines is 1. The van der Waals surface area contributed by atoms with Crippen LogP contribution in [0.5, 0.6) is 11.5 Å². The van der Waals surface area contributed by atoms with E-state index >= 15 is 0 Å². The Morgan fingerprint density at radius 1 is 1.22 bits per heavy atom. The summed E-state index contributed by atoms with van der Waals surface area (Å²) in [6, 6.07) is 1.36. The van der Waals surface area contributed by atoms with E-state index in [0.717, 1.165) is 0 Å². The molecule has 96 valence electrons. The third-order valence-corrected chi connectivity index (χ3v) is 3.34. The molecule has 0 aliphatic carbocycles. The maximum Gasteiger partial charge on any atom is 0.174 e. The molecule has 0 saturated heterocycles. The number of nitrogens with zero attached hydrogens (tertiary/aromatic N) is 2. The van der Waals surface area contributed by atoms with Gasteiger partial charge in [-0.3, -0.25) is 0 Å². The lowest BCUT2D eigenvalue weighted by molar-refractivity contribution is 0.402. The predicted octanol–water partition coefficient (Wildman–Crippen LogP) is 2.68. The largest absolute Gasteiger partial charge is 0.504 e. The fourth-order valence-electron chi connectivity index (χ4n) is 1.56.